The fourth-order valence-electron chi connectivity index (χ4n) is 4.21. The van der Waals surface area contributed by atoms with Crippen molar-refractivity contribution in [2.75, 3.05) is 38.2 Å². The Bertz CT molecular complexity index is 535. The number of aromatic nitrogens is 2. The van der Waals surface area contributed by atoms with Gasteiger partial charge in [0.2, 0.25) is 0 Å². The molecule has 1 aromatic rings. The molecular weight excluding hydrogens is 276 g/mol. The van der Waals surface area contributed by atoms with E-state index < -0.39 is 0 Å². The van der Waals surface area contributed by atoms with E-state index in [1.165, 1.54) is 12.0 Å². The van der Waals surface area contributed by atoms with Gasteiger partial charge >= 0.3 is 0 Å². The van der Waals surface area contributed by atoms with Crippen LogP contribution in [0.25, 0.3) is 0 Å². The summed E-state index contributed by atoms with van der Waals surface area (Å²) < 4.78 is 0. The number of aliphatic hydroxyl groups excluding tert-OH is 1. The summed E-state index contributed by atoms with van der Waals surface area (Å²) in [5.74, 6) is 1.93. The molecule has 0 radical (unpaired) electrons. The van der Waals surface area contributed by atoms with Gasteiger partial charge in [0, 0.05) is 36.3 Å². The summed E-state index contributed by atoms with van der Waals surface area (Å²) in [5.41, 5.74) is 1.30. The summed E-state index contributed by atoms with van der Waals surface area (Å²) in [5, 5.41) is 10.0. The molecule has 5 nitrogen and oxygen atoms in total. The van der Waals surface area contributed by atoms with Gasteiger partial charge in [0.1, 0.15) is 11.6 Å². The second-order valence-electron chi connectivity index (χ2n) is 6.94. The third kappa shape index (κ3) is 2.61. The molecule has 0 aliphatic carbocycles. The predicted molar refractivity (Wildman–Crippen MR) is 88.1 cm³/mol. The highest BCUT2D eigenvalue weighted by Gasteiger charge is 2.46. The quantitative estimate of drug-likeness (QED) is 0.920. The number of hydrogen-bond donors (Lipinski definition) is 1. The number of likely N-dealkylation sites (N-methyl/N-ethyl adjacent to an activating group) is 1. The standard InChI is InChI=1S/C17H28N4O/c1-4-14-10-18-13(2)19-16(14)21-9-7-17(12-22)6-5-8-20(3)15(17)11-21/h10,15,22H,4-9,11-12H2,1-3H3/t15-,17-/m1/s1. The molecule has 0 amide bonds. The normalized spacial score (nSPS) is 29.5. The van der Waals surface area contributed by atoms with Crippen molar-refractivity contribution in [3.8, 4) is 0 Å². The first-order chi connectivity index (χ1) is 10.6. The highest BCUT2D eigenvalue weighted by molar-refractivity contribution is 5.47. The van der Waals surface area contributed by atoms with Gasteiger partial charge in [-0.25, -0.2) is 9.97 Å². The zero-order valence-corrected chi connectivity index (χ0v) is 14.0. The van der Waals surface area contributed by atoms with Crippen molar-refractivity contribution in [3.63, 3.8) is 0 Å². The number of piperidine rings is 2. The number of rotatable bonds is 3. The Morgan fingerprint density at radius 2 is 2.18 bits per heavy atom. The van der Waals surface area contributed by atoms with Crippen molar-refractivity contribution in [3.05, 3.63) is 17.6 Å². The summed E-state index contributed by atoms with van der Waals surface area (Å²) >= 11 is 0. The largest absolute Gasteiger partial charge is 0.396 e. The molecule has 0 unspecified atom stereocenters. The van der Waals surface area contributed by atoms with Crippen LogP contribution < -0.4 is 4.90 Å². The molecule has 0 spiro atoms. The van der Waals surface area contributed by atoms with Crippen LogP contribution in [0.1, 0.15) is 37.6 Å². The lowest BCUT2D eigenvalue weighted by atomic mass is 9.69. The maximum atomic E-state index is 10.0. The Kier molecular flexibility index (Phi) is 4.37. The summed E-state index contributed by atoms with van der Waals surface area (Å²) in [6, 6.07) is 0.417. The third-order valence-corrected chi connectivity index (χ3v) is 5.65. The van der Waals surface area contributed by atoms with Gasteiger partial charge in [0.05, 0.1) is 6.61 Å². The number of nitrogens with zero attached hydrogens (tertiary/aromatic N) is 4. The van der Waals surface area contributed by atoms with Crippen molar-refractivity contribution in [1.29, 1.82) is 0 Å². The first kappa shape index (κ1) is 15.7. The Labute approximate surface area is 133 Å². The molecule has 1 N–H and O–H groups in total. The van der Waals surface area contributed by atoms with Crippen LogP contribution in [0.4, 0.5) is 5.82 Å². The van der Waals surface area contributed by atoms with Crippen LogP contribution in [0.15, 0.2) is 6.20 Å². The molecule has 5 heteroatoms. The molecule has 2 fully saturated rings. The highest BCUT2D eigenvalue weighted by atomic mass is 16.3. The Morgan fingerprint density at radius 1 is 1.36 bits per heavy atom. The molecule has 2 saturated heterocycles. The van der Waals surface area contributed by atoms with Gasteiger partial charge in [0.25, 0.3) is 0 Å². The van der Waals surface area contributed by atoms with Crippen LogP contribution in [0.2, 0.25) is 0 Å². The van der Waals surface area contributed by atoms with Gasteiger partial charge in [-0.1, -0.05) is 6.92 Å². The maximum absolute atomic E-state index is 10.0. The van der Waals surface area contributed by atoms with Crippen molar-refractivity contribution in [1.82, 2.24) is 14.9 Å². The molecule has 3 rings (SSSR count). The highest BCUT2D eigenvalue weighted by Crippen LogP contribution is 2.42. The lowest BCUT2D eigenvalue weighted by molar-refractivity contribution is -0.0277. The van der Waals surface area contributed by atoms with E-state index in [0.717, 1.165) is 50.5 Å². The Morgan fingerprint density at radius 3 is 2.91 bits per heavy atom. The first-order valence-electron chi connectivity index (χ1n) is 8.48. The van der Waals surface area contributed by atoms with Gasteiger partial charge in [-0.15, -0.1) is 0 Å². The van der Waals surface area contributed by atoms with E-state index in [1.807, 2.05) is 13.1 Å². The SMILES string of the molecule is CCc1cnc(C)nc1N1CC[C@@]2(CO)CCCN(C)[C@@H]2C1. The molecule has 0 bridgehead atoms. The minimum Gasteiger partial charge on any atom is -0.396 e. The van der Waals surface area contributed by atoms with Gasteiger partial charge in [0.15, 0.2) is 0 Å². The Hall–Kier alpha value is -1.20. The fraction of sp³-hybridized carbons (Fsp3) is 0.765. The molecule has 0 aromatic carbocycles. The molecule has 2 aliphatic heterocycles. The monoisotopic (exact) mass is 304 g/mol. The molecule has 22 heavy (non-hydrogen) atoms. The van der Waals surface area contributed by atoms with Crippen molar-refractivity contribution in [2.45, 2.75) is 45.6 Å². The second kappa shape index (κ2) is 6.13. The molecular formula is C17H28N4O. The van der Waals surface area contributed by atoms with E-state index in [-0.39, 0.29) is 5.41 Å². The van der Waals surface area contributed by atoms with Crippen LogP contribution in [-0.4, -0.2) is 59.3 Å². The van der Waals surface area contributed by atoms with Crippen molar-refractivity contribution in [2.24, 2.45) is 5.41 Å². The molecule has 2 aliphatic rings. The third-order valence-electron chi connectivity index (χ3n) is 5.65. The number of aliphatic hydroxyl groups is 1. The zero-order valence-electron chi connectivity index (χ0n) is 14.0. The predicted octanol–water partition coefficient (Wildman–Crippen LogP) is 1.63. The van der Waals surface area contributed by atoms with E-state index in [2.05, 4.69) is 28.8 Å². The minimum atomic E-state index is 0.0813. The second-order valence-corrected chi connectivity index (χ2v) is 6.94. The van der Waals surface area contributed by atoms with Crippen molar-refractivity contribution < 1.29 is 5.11 Å². The maximum Gasteiger partial charge on any atom is 0.135 e. The number of fused-ring (bicyclic) bond motifs is 1. The van der Waals surface area contributed by atoms with Crippen molar-refractivity contribution >= 4 is 5.82 Å². The average Bonchev–Trinajstić information content (AvgIpc) is 2.55. The molecule has 122 valence electrons. The van der Waals surface area contributed by atoms with E-state index >= 15 is 0 Å². The molecule has 1 aromatic heterocycles. The summed E-state index contributed by atoms with van der Waals surface area (Å²) in [6.07, 6.45) is 6.31. The van der Waals surface area contributed by atoms with Gasteiger partial charge in [-0.05, 0) is 46.2 Å². The van der Waals surface area contributed by atoms with E-state index in [0.29, 0.717) is 12.6 Å². The smallest absolute Gasteiger partial charge is 0.135 e. The number of hydrogen-bond acceptors (Lipinski definition) is 5. The van der Waals surface area contributed by atoms with Crippen LogP contribution in [0, 0.1) is 12.3 Å². The van der Waals surface area contributed by atoms with Crippen LogP contribution in [0.5, 0.6) is 0 Å². The molecule has 0 saturated carbocycles. The Balaban J connectivity index is 1.88. The summed E-state index contributed by atoms with van der Waals surface area (Å²) in [4.78, 5) is 13.9. The number of anilines is 1. The average molecular weight is 304 g/mol. The van der Waals surface area contributed by atoms with Crippen LogP contribution >= 0.6 is 0 Å². The molecule has 2 atom stereocenters. The lowest BCUT2D eigenvalue weighted by Gasteiger charge is -2.54. The van der Waals surface area contributed by atoms with Gasteiger partial charge < -0.3 is 14.9 Å². The van der Waals surface area contributed by atoms with E-state index in [1.54, 1.807) is 0 Å². The van der Waals surface area contributed by atoms with Gasteiger partial charge in [-0.3, -0.25) is 0 Å². The number of likely N-dealkylation sites (tertiary alicyclic amines) is 1. The fourth-order valence-corrected chi connectivity index (χ4v) is 4.21. The minimum absolute atomic E-state index is 0.0813. The van der Waals surface area contributed by atoms with Crippen LogP contribution in [0.3, 0.4) is 0 Å². The lowest BCUT2D eigenvalue weighted by Crippen LogP contribution is -2.61. The summed E-state index contributed by atoms with van der Waals surface area (Å²) in [7, 11) is 2.20. The number of aryl methyl sites for hydroxylation is 2. The topological polar surface area (TPSA) is 52.5 Å². The summed E-state index contributed by atoms with van der Waals surface area (Å²) in [6.45, 7) is 7.49. The molecule has 3 heterocycles. The van der Waals surface area contributed by atoms with E-state index in [9.17, 15) is 5.11 Å². The first-order valence-corrected chi connectivity index (χ1v) is 8.48. The zero-order chi connectivity index (χ0) is 15.7. The van der Waals surface area contributed by atoms with E-state index in [4.69, 9.17) is 4.98 Å². The van der Waals surface area contributed by atoms with Crippen LogP contribution in [-0.2, 0) is 6.42 Å². The van der Waals surface area contributed by atoms with Gasteiger partial charge in [-0.2, -0.15) is 0 Å².